The van der Waals surface area contributed by atoms with Crippen LogP contribution < -0.4 is 9.64 Å². The lowest BCUT2D eigenvalue weighted by Crippen LogP contribution is -2.43. The first-order valence-electron chi connectivity index (χ1n) is 16.4. The number of nitrogens with zero attached hydrogens (tertiary/aromatic N) is 5. The van der Waals surface area contributed by atoms with E-state index in [0.29, 0.717) is 59.8 Å². The number of ether oxygens (including phenoxy) is 1. The number of carboxylic acid groups (broad SMARTS) is 1. The van der Waals surface area contributed by atoms with Crippen LogP contribution in [0.25, 0.3) is 32.9 Å². The topological polar surface area (TPSA) is 112 Å². The van der Waals surface area contributed by atoms with Crippen molar-refractivity contribution in [3.8, 4) is 23.0 Å². The number of aliphatic carboxylic acids is 1. The number of carbonyl (C=O) groups is 1. The summed E-state index contributed by atoms with van der Waals surface area (Å²) in [6.45, 7) is 3.28. The Balaban J connectivity index is 1.29. The number of anilines is 1. The molecule has 0 amide bonds. The highest BCUT2D eigenvalue weighted by Crippen LogP contribution is 2.49. The molecule has 12 heteroatoms. The van der Waals surface area contributed by atoms with Crippen molar-refractivity contribution >= 4 is 33.5 Å². The number of benzene rings is 2. The highest BCUT2D eigenvalue weighted by atomic mass is 19.1. The molecule has 1 aliphatic carbocycles. The van der Waals surface area contributed by atoms with Gasteiger partial charge < -0.3 is 19.8 Å². The average molecular weight is 648 g/mol. The molecule has 4 aliphatic rings. The van der Waals surface area contributed by atoms with Crippen LogP contribution in [0.2, 0.25) is 0 Å². The van der Waals surface area contributed by atoms with Crippen LogP contribution in [-0.2, 0) is 11.2 Å². The van der Waals surface area contributed by atoms with E-state index in [0.717, 1.165) is 32.2 Å². The lowest BCUT2D eigenvalue weighted by Gasteiger charge is -2.31. The summed E-state index contributed by atoms with van der Waals surface area (Å²) in [5.74, 6) is -1.88. The van der Waals surface area contributed by atoms with E-state index in [1.165, 1.54) is 24.4 Å². The number of aromatic nitrogens is 3. The summed E-state index contributed by atoms with van der Waals surface area (Å²) in [4.78, 5) is 30.3. The molecule has 2 unspecified atom stereocenters. The zero-order valence-electron chi connectivity index (χ0n) is 26.1. The number of alkyl halides is 1. The number of hydrogen-bond acceptors (Lipinski definition) is 8. The van der Waals surface area contributed by atoms with Gasteiger partial charge in [0.2, 0.25) is 0 Å². The quantitative estimate of drug-likeness (QED) is 0.243. The van der Waals surface area contributed by atoms with Gasteiger partial charge in [-0.1, -0.05) is 19.4 Å². The van der Waals surface area contributed by atoms with Crippen LogP contribution in [0.5, 0.6) is 11.8 Å². The van der Waals surface area contributed by atoms with E-state index in [-0.39, 0.29) is 47.7 Å². The minimum absolute atomic E-state index is 0.0812. The largest absolute Gasteiger partial charge is 0.508 e. The summed E-state index contributed by atoms with van der Waals surface area (Å²) in [6.07, 6.45) is 5.39. The van der Waals surface area contributed by atoms with Crippen LogP contribution in [0.3, 0.4) is 0 Å². The zero-order valence-corrected chi connectivity index (χ0v) is 26.1. The fraction of sp³-hybridized carbons (Fsp3) is 0.486. The van der Waals surface area contributed by atoms with Crippen LogP contribution in [0.4, 0.5) is 19.0 Å². The third-order valence-electron chi connectivity index (χ3n) is 11.1. The van der Waals surface area contributed by atoms with Crippen molar-refractivity contribution < 1.29 is 32.9 Å². The van der Waals surface area contributed by atoms with Crippen molar-refractivity contribution in [1.29, 1.82) is 0 Å². The second-order valence-corrected chi connectivity index (χ2v) is 13.8. The number of halogens is 3. The Morgan fingerprint density at radius 2 is 2.00 bits per heavy atom. The van der Waals surface area contributed by atoms with E-state index in [9.17, 15) is 23.8 Å². The van der Waals surface area contributed by atoms with Crippen LogP contribution in [0, 0.1) is 17.0 Å². The molecule has 3 aliphatic heterocycles. The van der Waals surface area contributed by atoms with Gasteiger partial charge in [0.1, 0.15) is 41.4 Å². The van der Waals surface area contributed by atoms with E-state index >= 15 is 4.39 Å². The van der Waals surface area contributed by atoms with Gasteiger partial charge in [0, 0.05) is 37.3 Å². The number of aromatic hydroxyl groups is 1. The Bertz CT molecular complexity index is 1940. The van der Waals surface area contributed by atoms with Gasteiger partial charge >= 0.3 is 12.0 Å². The Hall–Kier alpha value is -4.19. The maximum absolute atomic E-state index is 16.9. The lowest BCUT2D eigenvalue weighted by molar-refractivity contribution is -0.148. The first kappa shape index (κ1) is 30.2. The van der Waals surface area contributed by atoms with Crippen LogP contribution >= 0.6 is 0 Å². The predicted octanol–water partition coefficient (Wildman–Crippen LogP) is 6.18. The van der Waals surface area contributed by atoms with Gasteiger partial charge in [0.25, 0.3) is 0 Å². The number of pyridine rings is 1. The van der Waals surface area contributed by atoms with E-state index in [2.05, 4.69) is 14.9 Å². The molecule has 2 aromatic carbocycles. The second kappa shape index (κ2) is 10.9. The number of phenols is 1. The van der Waals surface area contributed by atoms with E-state index in [4.69, 9.17) is 9.72 Å². The maximum atomic E-state index is 16.9. The van der Waals surface area contributed by atoms with Crippen LogP contribution in [0.1, 0.15) is 57.4 Å². The molecule has 4 aromatic rings. The van der Waals surface area contributed by atoms with Gasteiger partial charge in [-0.3, -0.25) is 14.7 Å². The smallest absolute Gasteiger partial charge is 0.319 e. The third-order valence-corrected chi connectivity index (χ3v) is 11.1. The molecule has 4 fully saturated rings. The summed E-state index contributed by atoms with van der Waals surface area (Å²) in [6, 6.07) is 5.54. The fourth-order valence-corrected chi connectivity index (χ4v) is 8.88. The Kier molecular flexibility index (Phi) is 7.02. The van der Waals surface area contributed by atoms with E-state index in [1.807, 2.05) is 4.90 Å². The minimum Gasteiger partial charge on any atom is -0.508 e. The van der Waals surface area contributed by atoms with Crippen molar-refractivity contribution in [2.24, 2.45) is 5.41 Å². The molecular formula is C35H36F3N5O4. The molecule has 1 saturated carbocycles. The molecule has 5 heterocycles. The number of aryl methyl sites for hydroxylation is 1. The lowest BCUT2D eigenvalue weighted by atomic mass is 9.76. The Morgan fingerprint density at radius 1 is 1.15 bits per heavy atom. The molecule has 2 N–H and O–H groups in total. The van der Waals surface area contributed by atoms with E-state index < -0.39 is 34.7 Å². The van der Waals surface area contributed by atoms with Gasteiger partial charge in [-0.15, -0.1) is 0 Å². The fourth-order valence-electron chi connectivity index (χ4n) is 8.88. The van der Waals surface area contributed by atoms with E-state index in [1.54, 1.807) is 13.0 Å². The Morgan fingerprint density at radius 3 is 2.79 bits per heavy atom. The molecule has 3 saturated heterocycles. The Labute approximate surface area is 269 Å². The number of hydrogen-bond donors (Lipinski definition) is 2. The van der Waals surface area contributed by atoms with Crippen molar-refractivity contribution in [3.05, 3.63) is 47.7 Å². The highest BCUT2D eigenvalue weighted by Gasteiger charge is 2.53. The summed E-state index contributed by atoms with van der Waals surface area (Å²) < 4.78 is 52.6. The summed E-state index contributed by atoms with van der Waals surface area (Å²) in [5, 5.41) is 22.1. The molecule has 4 atom stereocenters. The monoisotopic (exact) mass is 647 g/mol. The van der Waals surface area contributed by atoms with Gasteiger partial charge in [0.15, 0.2) is 5.82 Å². The van der Waals surface area contributed by atoms with Gasteiger partial charge in [-0.25, -0.2) is 13.2 Å². The number of phenolic OH excluding ortho intramolecular Hbond substituents is 1. The maximum Gasteiger partial charge on any atom is 0.319 e. The standard InChI is InChI=1S/C35H36F3N5O4/c1-2-23-26(37)7-6-19-11-22(44)12-24(27(19)23)29-28(38)30-25(15-39-29)31(43-17-34(32(45)46)8-3-5-21(43)14-34)41-33(40-30)47-18-35-9-4-10-42(35)16-20(36)13-35/h6-7,11-12,15,20-21,44H,2-5,8-10,13-14,16-18H2,1H3,(H,45,46)/t20-,21?,34?,35+/m1/s1. The summed E-state index contributed by atoms with van der Waals surface area (Å²) in [7, 11) is 0. The van der Waals surface area contributed by atoms with Gasteiger partial charge in [-0.05, 0) is 79.6 Å². The first-order valence-corrected chi connectivity index (χ1v) is 16.4. The van der Waals surface area contributed by atoms with Crippen LogP contribution in [0.15, 0.2) is 30.5 Å². The third kappa shape index (κ3) is 4.69. The molecule has 0 spiro atoms. The molecule has 8 rings (SSSR count). The summed E-state index contributed by atoms with van der Waals surface area (Å²) in [5.41, 5.74) is -1.02. The molecule has 2 aromatic heterocycles. The predicted molar refractivity (Wildman–Crippen MR) is 169 cm³/mol. The number of fused-ring (bicyclic) bond motifs is 5. The average Bonchev–Trinajstić information content (AvgIpc) is 3.67. The first-order chi connectivity index (χ1) is 22.6. The molecule has 2 bridgehead atoms. The van der Waals surface area contributed by atoms with Crippen molar-refractivity contribution in [1.82, 2.24) is 19.9 Å². The van der Waals surface area contributed by atoms with Crippen molar-refractivity contribution in [2.75, 3.05) is 31.1 Å². The molecule has 47 heavy (non-hydrogen) atoms. The number of rotatable bonds is 7. The van der Waals surface area contributed by atoms with Crippen molar-refractivity contribution in [3.63, 3.8) is 0 Å². The molecule has 0 radical (unpaired) electrons. The SMILES string of the molecule is CCc1c(F)ccc2cc(O)cc(-c3ncc4c(N5CC6(C(=O)O)CCCC5C6)nc(OC[C@@]56CCCN5C[C@H](F)C6)nc4c3F)c12. The van der Waals surface area contributed by atoms with Crippen molar-refractivity contribution in [2.45, 2.75) is 76.0 Å². The van der Waals surface area contributed by atoms with Gasteiger partial charge in [0.05, 0.1) is 16.3 Å². The molecular weight excluding hydrogens is 611 g/mol. The normalized spacial score (nSPS) is 27.2. The molecule has 9 nitrogen and oxygen atoms in total. The van der Waals surface area contributed by atoms with Gasteiger partial charge in [-0.2, -0.15) is 9.97 Å². The summed E-state index contributed by atoms with van der Waals surface area (Å²) >= 11 is 0. The second-order valence-electron chi connectivity index (χ2n) is 13.8. The van der Waals surface area contributed by atoms with Crippen LogP contribution in [-0.4, -0.2) is 80.0 Å². The minimum atomic E-state index is -0.955. The zero-order chi connectivity index (χ0) is 32.7. The highest BCUT2D eigenvalue weighted by molar-refractivity contribution is 6.02. The number of carboxylic acids is 1. The molecule has 246 valence electrons.